The van der Waals surface area contributed by atoms with E-state index in [-0.39, 0.29) is 0 Å². The third-order valence-electron chi connectivity index (χ3n) is 2.27. The largest absolute Gasteiger partial charge is 0.390 e. The predicted molar refractivity (Wildman–Crippen MR) is 43.3 cm³/mol. The lowest BCUT2D eigenvalue weighted by molar-refractivity contribution is -0.0179. The maximum Gasteiger partial charge on any atom is 0.0813 e. The summed E-state index contributed by atoms with van der Waals surface area (Å²) < 4.78 is 0. The van der Waals surface area contributed by atoms with E-state index in [2.05, 4.69) is 12.2 Å². The van der Waals surface area contributed by atoms with E-state index >= 15 is 0 Å². The Kier molecular flexibility index (Phi) is 3.30. The van der Waals surface area contributed by atoms with Crippen LogP contribution in [-0.4, -0.2) is 35.0 Å². The average Bonchev–Trinajstić information content (AvgIpc) is 1.98. The SMILES string of the molecule is CCNC1CC[C@H](O)[C@H](O)C1. The van der Waals surface area contributed by atoms with Crippen LogP contribution in [0.4, 0.5) is 0 Å². The molecule has 3 atom stereocenters. The van der Waals surface area contributed by atoms with Crippen LogP contribution >= 0.6 is 0 Å². The van der Waals surface area contributed by atoms with Gasteiger partial charge in [0.15, 0.2) is 0 Å². The van der Waals surface area contributed by atoms with Crippen molar-refractivity contribution in [3.05, 3.63) is 0 Å². The van der Waals surface area contributed by atoms with Crippen LogP contribution in [0.5, 0.6) is 0 Å². The van der Waals surface area contributed by atoms with Crippen molar-refractivity contribution in [2.24, 2.45) is 0 Å². The van der Waals surface area contributed by atoms with Crippen molar-refractivity contribution in [1.29, 1.82) is 0 Å². The van der Waals surface area contributed by atoms with Gasteiger partial charge in [-0.15, -0.1) is 0 Å². The highest BCUT2D eigenvalue weighted by Crippen LogP contribution is 2.18. The van der Waals surface area contributed by atoms with Gasteiger partial charge >= 0.3 is 0 Å². The van der Waals surface area contributed by atoms with Gasteiger partial charge in [-0.05, 0) is 25.8 Å². The Labute approximate surface area is 67.4 Å². The highest BCUT2D eigenvalue weighted by molar-refractivity contribution is 4.82. The summed E-state index contributed by atoms with van der Waals surface area (Å²) in [5.41, 5.74) is 0. The number of aliphatic hydroxyl groups is 2. The maximum absolute atomic E-state index is 9.28. The number of rotatable bonds is 2. The molecule has 0 aromatic carbocycles. The summed E-state index contributed by atoms with van der Waals surface area (Å²) in [5, 5.41) is 21.7. The molecule has 3 N–H and O–H groups in total. The molecular weight excluding hydrogens is 142 g/mol. The molecule has 0 radical (unpaired) electrons. The lowest BCUT2D eigenvalue weighted by Gasteiger charge is -2.30. The highest BCUT2D eigenvalue weighted by Gasteiger charge is 2.26. The topological polar surface area (TPSA) is 52.5 Å². The Morgan fingerprint density at radius 2 is 2.00 bits per heavy atom. The van der Waals surface area contributed by atoms with Crippen molar-refractivity contribution in [3.63, 3.8) is 0 Å². The molecule has 0 spiro atoms. The van der Waals surface area contributed by atoms with E-state index in [1.807, 2.05) is 0 Å². The predicted octanol–water partition coefficient (Wildman–Crippen LogP) is -0.130. The normalized spacial score (nSPS) is 39.0. The van der Waals surface area contributed by atoms with Gasteiger partial charge in [0.1, 0.15) is 0 Å². The Morgan fingerprint density at radius 3 is 2.55 bits per heavy atom. The number of nitrogens with one attached hydrogen (secondary N) is 1. The fourth-order valence-electron chi connectivity index (χ4n) is 1.60. The lowest BCUT2D eigenvalue weighted by Crippen LogP contribution is -2.42. The quantitative estimate of drug-likeness (QED) is 0.526. The van der Waals surface area contributed by atoms with Crippen LogP contribution in [0.2, 0.25) is 0 Å². The van der Waals surface area contributed by atoms with Gasteiger partial charge in [0.2, 0.25) is 0 Å². The second kappa shape index (κ2) is 4.04. The molecule has 0 aromatic heterocycles. The van der Waals surface area contributed by atoms with Crippen molar-refractivity contribution < 1.29 is 10.2 Å². The standard InChI is InChI=1S/C8H17NO2/c1-2-9-6-3-4-7(10)8(11)5-6/h6-11H,2-5H2,1H3/t6?,7-,8+/m0/s1. The van der Waals surface area contributed by atoms with Crippen molar-refractivity contribution >= 4 is 0 Å². The zero-order valence-corrected chi connectivity index (χ0v) is 6.95. The molecule has 0 saturated heterocycles. The first kappa shape index (κ1) is 8.97. The molecule has 0 aromatic rings. The molecule has 0 heterocycles. The van der Waals surface area contributed by atoms with Crippen LogP contribution < -0.4 is 5.32 Å². The van der Waals surface area contributed by atoms with Crippen LogP contribution in [0.15, 0.2) is 0 Å². The molecule has 1 fully saturated rings. The summed E-state index contributed by atoms with van der Waals surface area (Å²) in [6.45, 7) is 2.99. The molecule has 66 valence electrons. The van der Waals surface area contributed by atoms with E-state index in [9.17, 15) is 10.2 Å². The first-order chi connectivity index (χ1) is 5.24. The van der Waals surface area contributed by atoms with Gasteiger partial charge in [0.05, 0.1) is 12.2 Å². The molecule has 0 bridgehead atoms. The summed E-state index contributed by atoms with van der Waals surface area (Å²) in [6.07, 6.45) is 1.37. The minimum absolute atomic E-state index is 0.401. The van der Waals surface area contributed by atoms with Gasteiger partial charge in [-0.25, -0.2) is 0 Å². The number of hydrogen-bond acceptors (Lipinski definition) is 3. The molecule has 3 nitrogen and oxygen atoms in total. The number of hydrogen-bond donors (Lipinski definition) is 3. The van der Waals surface area contributed by atoms with Crippen LogP contribution in [-0.2, 0) is 0 Å². The Balaban J connectivity index is 2.28. The Morgan fingerprint density at radius 1 is 1.27 bits per heavy atom. The maximum atomic E-state index is 9.28. The number of aliphatic hydroxyl groups excluding tert-OH is 2. The third kappa shape index (κ3) is 2.43. The van der Waals surface area contributed by atoms with Gasteiger partial charge in [-0.3, -0.25) is 0 Å². The smallest absolute Gasteiger partial charge is 0.0813 e. The van der Waals surface area contributed by atoms with Crippen LogP contribution in [0.1, 0.15) is 26.2 Å². The molecule has 0 amide bonds. The minimum atomic E-state index is -0.521. The second-order valence-electron chi connectivity index (χ2n) is 3.20. The van der Waals surface area contributed by atoms with E-state index in [0.717, 1.165) is 19.4 Å². The van der Waals surface area contributed by atoms with Crippen molar-refractivity contribution in [3.8, 4) is 0 Å². The Bertz CT molecular complexity index is 119. The zero-order valence-electron chi connectivity index (χ0n) is 6.95. The lowest BCUT2D eigenvalue weighted by atomic mass is 9.91. The van der Waals surface area contributed by atoms with Gasteiger partial charge < -0.3 is 15.5 Å². The van der Waals surface area contributed by atoms with Gasteiger partial charge in [-0.1, -0.05) is 6.92 Å². The average molecular weight is 159 g/mol. The highest BCUT2D eigenvalue weighted by atomic mass is 16.3. The fraction of sp³-hybridized carbons (Fsp3) is 1.00. The summed E-state index contributed by atoms with van der Waals surface area (Å²) >= 11 is 0. The summed E-state index contributed by atoms with van der Waals surface area (Å²) in [5.74, 6) is 0. The van der Waals surface area contributed by atoms with Gasteiger partial charge in [0.25, 0.3) is 0 Å². The van der Waals surface area contributed by atoms with Crippen molar-refractivity contribution in [1.82, 2.24) is 5.32 Å². The van der Waals surface area contributed by atoms with E-state index in [0.29, 0.717) is 12.5 Å². The van der Waals surface area contributed by atoms with Crippen LogP contribution in [0.3, 0.4) is 0 Å². The van der Waals surface area contributed by atoms with Gasteiger partial charge in [0, 0.05) is 6.04 Å². The summed E-state index contributed by atoms with van der Waals surface area (Å²) in [4.78, 5) is 0. The molecule has 1 rings (SSSR count). The second-order valence-corrected chi connectivity index (χ2v) is 3.20. The molecule has 11 heavy (non-hydrogen) atoms. The van der Waals surface area contributed by atoms with E-state index in [4.69, 9.17) is 0 Å². The first-order valence-corrected chi connectivity index (χ1v) is 4.33. The van der Waals surface area contributed by atoms with Crippen molar-refractivity contribution in [2.45, 2.75) is 44.4 Å². The summed E-state index contributed by atoms with van der Waals surface area (Å²) in [6, 6.07) is 0.401. The van der Waals surface area contributed by atoms with E-state index in [1.54, 1.807) is 0 Å². The molecule has 1 saturated carbocycles. The molecule has 1 unspecified atom stereocenters. The summed E-state index contributed by atoms with van der Waals surface area (Å²) in [7, 11) is 0. The Hall–Kier alpha value is -0.120. The van der Waals surface area contributed by atoms with Crippen molar-refractivity contribution in [2.75, 3.05) is 6.54 Å². The van der Waals surface area contributed by atoms with Crippen LogP contribution in [0.25, 0.3) is 0 Å². The van der Waals surface area contributed by atoms with E-state index < -0.39 is 12.2 Å². The fourth-order valence-corrected chi connectivity index (χ4v) is 1.60. The van der Waals surface area contributed by atoms with Crippen LogP contribution in [0, 0.1) is 0 Å². The molecular formula is C8H17NO2. The monoisotopic (exact) mass is 159 g/mol. The molecule has 3 heteroatoms. The molecule has 1 aliphatic carbocycles. The first-order valence-electron chi connectivity index (χ1n) is 4.33. The third-order valence-corrected chi connectivity index (χ3v) is 2.27. The molecule has 1 aliphatic rings. The zero-order chi connectivity index (χ0) is 8.27. The molecule has 0 aliphatic heterocycles. The van der Waals surface area contributed by atoms with Gasteiger partial charge in [-0.2, -0.15) is 0 Å². The van der Waals surface area contributed by atoms with E-state index in [1.165, 1.54) is 0 Å². The minimum Gasteiger partial charge on any atom is -0.390 e.